The van der Waals surface area contributed by atoms with Gasteiger partial charge in [-0.05, 0) is 49.9 Å². The topological polar surface area (TPSA) is 61.5 Å². The first-order chi connectivity index (χ1) is 8.94. The number of hydrogen-bond donors (Lipinski definition) is 1. The summed E-state index contributed by atoms with van der Waals surface area (Å²) in [6, 6.07) is 6.01. The van der Waals surface area contributed by atoms with E-state index < -0.39 is 5.54 Å². The van der Waals surface area contributed by atoms with Gasteiger partial charge in [0, 0.05) is 6.42 Å². The molecule has 19 heavy (non-hydrogen) atoms. The standard InChI is InChI=1S/C15H21NO3/c1-10-4-5-12(8-11(10)2)19-13-6-7-15(16,9-13)14(17)18-3/h4-5,8,13H,6-7,9,16H2,1-3H3. The largest absolute Gasteiger partial charge is 0.490 e. The number of carbonyl (C=O) groups excluding carboxylic acids is 1. The number of ether oxygens (including phenoxy) is 2. The van der Waals surface area contributed by atoms with Crippen molar-refractivity contribution in [2.45, 2.75) is 44.8 Å². The Morgan fingerprint density at radius 3 is 2.74 bits per heavy atom. The second-order valence-electron chi connectivity index (χ2n) is 5.38. The van der Waals surface area contributed by atoms with Crippen molar-refractivity contribution in [2.75, 3.05) is 7.11 Å². The van der Waals surface area contributed by atoms with Crippen molar-refractivity contribution >= 4 is 5.97 Å². The lowest BCUT2D eigenvalue weighted by Crippen LogP contribution is -2.47. The van der Waals surface area contributed by atoms with Crippen LogP contribution in [0.2, 0.25) is 0 Å². The summed E-state index contributed by atoms with van der Waals surface area (Å²) in [6.07, 6.45) is 1.87. The molecule has 1 aromatic rings. The maximum atomic E-state index is 11.6. The molecule has 0 heterocycles. The maximum absolute atomic E-state index is 11.6. The number of carbonyl (C=O) groups is 1. The number of rotatable bonds is 3. The fraction of sp³-hybridized carbons (Fsp3) is 0.533. The van der Waals surface area contributed by atoms with Gasteiger partial charge in [-0.3, -0.25) is 4.79 Å². The molecule has 4 heteroatoms. The number of esters is 1. The van der Waals surface area contributed by atoms with E-state index in [4.69, 9.17) is 15.2 Å². The molecule has 104 valence electrons. The molecule has 1 saturated carbocycles. The van der Waals surface area contributed by atoms with Gasteiger partial charge in [-0.2, -0.15) is 0 Å². The minimum absolute atomic E-state index is 0.0220. The fourth-order valence-electron chi connectivity index (χ4n) is 2.50. The van der Waals surface area contributed by atoms with Crippen LogP contribution < -0.4 is 10.5 Å². The van der Waals surface area contributed by atoms with E-state index in [1.54, 1.807) is 0 Å². The lowest BCUT2D eigenvalue weighted by Gasteiger charge is -2.21. The smallest absolute Gasteiger partial charge is 0.325 e. The molecule has 0 spiro atoms. The van der Waals surface area contributed by atoms with Crippen molar-refractivity contribution in [3.8, 4) is 5.75 Å². The Labute approximate surface area is 113 Å². The lowest BCUT2D eigenvalue weighted by molar-refractivity contribution is -0.147. The summed E-state index contributed by atoms with van der Waals surface area (Å²) in [5.41, 5.74) is 7.60. The highest BCUT2D eigenvalue weighted by Crippen LogP contribution is 2.32. The van der Waals surface area contributed by atoms with Gasteiger partial charge in [0.2, 0.25) is 0 Å². The van der Waals surface area contributed by atoms with Gasteiger partial charge >= 0.3 is 5.97 Å². The highest BCUT2D eigenvalue weighted by Gasteiger charge is 2.44. The van der Waals surface area contributed by atoms with Crippen LogP contribution in [0.5, 0.6) is 5.75 Å². The molecule has 2 rings (SSSR count). The lowest BCUT2D eigenvalue weighted by atomic mass is 10.00. The van der Waals surface area contributed by atoms with Crippen LogP contribution in [0.4, 0.5) is 0 Å². The third-order valence-corrected chi connectivity index (χ3v) is 3.88. The monoisotopic (exact) mass is 263 g/mol. The van der Waals surface area contributed by atoms with Crippen LogP contribution in [0.25, 0.3) is 0 Å². The average molecular weight is 263 g/mol. The van der Waals surface area contributed by atoms with Crippen molar-refractivity contribution in [1.82, 2.24) is 0 Å². The molecule has 0 aromatic heterocycles. The molecule has 0 radical (unpaired) electrons. The minimum Gasteiger partial charge on any atom is -0.490 e. The van der Waals surface area contributed by atoms with Crippen LogP contribution >= 0.6 is 0 Å². The summed E-state index contributed by atoms with van der Waals surface area (Å²) >= 11 is 0. The van der Waals surface area contributed by atoms with Crippen LogP contribution in [0.3, 0.4) is 0 Å². The van der Waals surface area contributed by atoms with Gasteiger partial charge in [0.25, 0.3) is 0 Å². The predicted octanol–water partition coefficient (Wildman–Crippen LogP) is 2.11. The minimum atomic E-state index is -0.890. The zero-order valence-electron chi connectivity index (χ0n) is 11.7. The molecule has 2 atom stereocenters. The molecule has 0 saturated heterocycles. The van der Waals surface area contributed by atoms with Crippen LogP contribution in [-0.4, -0.2) is 24.7 Å². The number of benzene rings is 1. The zero-order chi connectivity index (χ0) is 14.0. The Balaban J connectivity index is 2.02. The zero-order valence-corrected chi connectivity index (χ0v) is 11.7. The van der Waals surface area contributed by atoms with E-state index in [1.165, 1.54) is 18.2 Å². The first kappa shape index (κ1) is 13.9. The third-order valence-electron chi connectivity index (χ3n) is 3.88. The van der Waals surface area contributed by atoms with Gasteiger partial charge < -0.3 is 15.2 Å². The third kappa shape index (κ3) is 2.89. The van der Waals surface area contributed by atoms with Crippen molar-refractivity contribution in [2.24, 2.45) is 5.73 Å². The Kier molecular flexibility index (Phi) is 3.80. The summed E-state index contributed by atoms with van der Waals surface area (Å²) < 4.78 is 10.7. The summed E-state index contributed by atoms with van der Waals surface area (Å²) in [5, 5.41) is 0. The number of hydrogen-bond acceptors (Lipinski definition) is 4. The number of methoxy groups -OCH3 is 1. The van der Waals surface area contributed by atoms with E-state index >= 15 is 0 Å². The molecule has 1 aliphatic carbocycles. The normalized spacial score (nSPS) is 26.2. The molecular formula is C15H21NO3. The highest BCUT2D eigenvalue weighted by molar-refractivity contribution is 5.80. The molecule has 2 N–H and O–H groups in total. The van der Waals surface area contributed by atoms with E-state index in [1.807, 2.05) is 18.2 Å². The highest BCUT2D eigenvalue weighted by atomic mass is 16.5. The summed E-state index contributed by atoms with van der Waals surface area (Å²) in [4.78, 5) is 11.6. The van der Waals surface area contributed by atoms with Crippen LogP contribution in [-0.2, 0) is 9.53 Å². The second kappa shape index (κ2) is 5.21. The molecule has 4 nitrogen and oxygen atoms in total. The molecule has 0 aliphatic heterocycles. The van der Waals surface area contributed by atoms with Crippen LogP contribution in [0.15, 0.2) is 18.2 Å². The average Bonchev–Trinajstić information content (AvgIpc) is 2.76. The molecule has 0 amide bonds. The first-order valence-electron chi connectivity index (χ1n) is 6.56. The van der Waals surface area contributed by atoms with Gasteiger partial charge in [0.15, 0.2) is 0 Å². The fourth-order valence-corrected chi connectivity index (χ4v) is 2.50. The van der Waals surface area contributed by atoms with Gasteiger partial charge in [-0.1, -0.05) is 6.07 Å². The van der Waals surface area contributed by atoms with Crippen LogP contribution in [0, 0.1) is 13.8 Å². The van der Waals surface area contributed by atoms with Crippen molar-refractivity contribution < 1.29 is 14.3 Å². The van der Waals surface area contributed by atoms with E-state index in [9.17, 15) is 4.79 Å². The van der Waals surface area contributed by atoms with E-state index in [0.29, 0.717) is 12.8 Å². The molecule has 0 bridgehead atoms. The van der Waals surface area contributed by atoms with Crippen molar-refractivity contribution in [1.29, 1.82) is 0 Å². The number of aryl methyl sites for hydroxylation is 2. The second-order valence-corrected chi connectivity index (χ2v) is 5.38. The molecular weight excluding hydrogens is 242 g/mol. The summed E-state index contributed by atoms with van der Waals surface area (Å²) in [5.74, 6) is 0.487. The maximum Gasteiger partial charge on any atom is 0.325 e. The molecule has 1 aliphatic rings. The Hall–Kier alpha value is -1.55. The number of nitrogens with two attached hydrogens (primary N) is 1. The Bertz CT molecular complexity index is 486. The van der Waals surface area contributed by atoms with Crippen molar-refractivity contribution in [3.63, 3.8) is 0 Å². The molecule has 1 fully saturated rings. The SMILES string of the molecule is COC(=O)C1(N)CCC(Oc2ccc(C)c(C)c2)C1. The molecule has 2 unspecified atom stereocenters. The van der Waals surface area contributed by atoms with Gasteiger partial charge in [-0.25, -0.2) is 0 Å². The van der Waals surface area contributed by atoms with E-state index in [2.05, 4.69) is 13.8 Å². The van der Waals surface area contributed by atoms with Gasteiger partial charge in [0.05, 0.1) is 7.11 Å². The van der Waals surface area contributed by atoms with E-state index in [-0.39, 0.29) is 12.1 Å². The quantitative estimate of drug-likeness (QED) is 0.848. The summed E-state index contributed by atoms with van der Waals surface area (Å²) in [7, 11) is 1.37. The summed E-state index contributed by atoms with van der Waals surface area (Å²) in [6.45, 7) is 4.12. The predicted molar refractivity (Wildman–Crippen MR) is 73.1 cm³/mol. The van der Waals surface area contributed by atoms with Gasteiger partial charge in [0.1, 0.15) is 17.4 Å². The van der Waals surface area contributed by atoms with E-state index in [0.717, 1.165) is 12.2 Å². The van der Waals surface area contributed by atoms with Gasteiger partial charge in [-0.15, -0.1) is 0 Å². The Morgan fingerprint density at radius 1 is 1.37 bits per heavy atom. The first-order valence-corrected chi connectivity index (χ1v) is 6.56. The van der Waals surface area contributed by atoms with Crippen LogP contribution in [0.1, 0.15) is 30.4 Å². The van der Waals surface area contributed by atoms with Crippen molar-refractivity contribution in [3.05, 3.63) is 29.3 Å². The molecule has 1 aromatic carbocycles. The Morgan fingerprint density at radius 2 is 2.11 bits per heavy atom.